The maximum Gasteiger partial charge on any atom is 0.137 e. The van der Waals surface area contributed by atoms with Gasteiger partial charge in [0.05, 0.1) is 6.54 Å². The fourth-order valence-corrected chi connectivity index (χ4v) is 2.78. The van der Waals surface area contributed by atoms with Crippen LogP contribution in [0.15, 0.2) is 73.3 Å². The third-order valence-corrected chi connectivity index (χ3v) is 4.14. The molecule has 0 N–H and O–H groups in total. The summed E-state index contributed by atoms with van der Waals surface area (Å²) >= 11 is 3.75. The van der Waals surface area contributed by atoms with E-state index >= 15 is 0 Å². The van der Waals surface area contributed by atoms with Gasteiger partial charge in [-0.2, -0.15) is 5.10 Å². The summed E-state index contributed by atoms with van der Waals surface area (Å²) in [6, 6.07) is 20.6. The summed E-state index contributed by atoms with van der Waals surface area (Å²) in [6.07, 6.45) is 3.28. The van der Waals surface area contributed by atoms with Crippen LogP contribution in [0.4, 0.5) is 0 Å². The molecule has 104 valence electrons. The molecule has 0 aliphatic heterocycles. The Bertz CT molecular complexity index is 719. The van der Waals surface area contributed by atoms with Crippen LogP contribution >= 0.6 is 15.9 Å². The second-order valence-electron chi connectivity index (χ2n) is 4.62. The van der Waals surface area contributed by atoms with Crippen LogP contribution in [0, 0.1) is 0 Å². The van der Waals surface area contributed by atoms with Gasteiger partial charge < -0.3 is 0 Å². The van der Waals surface area contributed by atoms with Gasteiger partial charge in [0.2, 0.25) is 0 Å². The van der Waals surface area contributed by atoms with Crippen molar-refractivity contribution in [3.05, 3.63) is 84.4 Å². The number of allylic oxidation sites excluding steroid dienone is 1. The molecule has 0 bridgehead atoms. The Morgan fingerprint density at radius 3 is 2.10 bits per heavy atom. The quantitative estimate of drug-likeness (QED) is 0.665. The van der Waals surface area contributed by atoms with Gasteiger partial charge in [-0.25, -0.2) is 9.67 Å². The molecule has 0 aliphatic rings. The highest BCUT2D eigenvalue weighted by Crippen LogP contribution is 2.32. The van der Waals surface area contributed by atoms with Gasteiger partial charge in [-0.1, -0.05) is 60.7 Å². The van der Waals surface area contributed by atoms with E-state index in [0.29, 0.717) is 6.54 Å². The average molecular weight is 340 g/mol. The molecule has 4 heteroatoms. The van der Waals surface area contributed by atoms with Gasteiger partial charge >= 0.3 is 0 Å². The van der Waals surface area contributed by atoms with E-state index in [1.165, 1.54) is 11.1 Å². The molecule has 21 heavy (non-hydrogen) atoms. The minimum Gasteiger partial charge on any atom is -0.248 e. The standard InChI is InChI=1S/C17H14BrN3/c18-17(15-9-5-2-6-10-15)16(11-21-13-19-12-20-21)14-7-3-1-4-8-14/h1-10,12-13H,11H2/b17-16+. The zero-order valence-electron chi connectivity index (χ0n) is 11.4. The number of hydrogen-bond donors (Lipinski definition) is 0. The van der Waals surface area contributed by atoms with Gasteiger partial charge in [-0.15, -0.1) is 0 Å². The van der Waals surface area contributed by atoms with Gasteiger partial charge in [-0.05, 0) is 32.6 Å². The maximum absolute atomic E-state index is 4.21. The predicted molar refractivity (Wildman–Crippen MR) is 88.6 cm³/mol. The first-order valence-electron chi connectivity index (χ1n) is 6.66. The van der Waals surface area contributed by atoms with Crippen LogP contribution in [0.5, 0.6) is 0 Å². The Labute approximate surface area is 132 Å². The lowest BCUT2D eigenvalue weighted by atomic mass is 10.0. The van der Waals surface area contributed by atoms with Crippen molar-refractivity contribution in [3.8, 4) is 0 Å². The zero-order chi connectivity index (χ0) is 14.5. The highest BCUT2D eigenvalue weighted by molar-refractivity contribution is 9.15. The van der Waals surface area contributed by atoms with E-state index < -0.39 is 0 Å². The van der Waals surface area contributed by atoms with Crippen molar-refractivity contribution in [2.75, 3.05) is 0 Å². The van der Waals surface area contributed by atoms with Crippen molar-refractivity contribution in [2.45, 2.75) is 6.54 Å². The average Bonchev–Trinajstić information content (AvgIpc) is 3.07. The summed E-state index contributed by atoms with van der Waals surface area (Å²) in [7, 11) is 0. The summed E-state index contributed by atoms with van der Waals surface area (Å²) in [5, 5.41) is 4.21. The number of nitrogens with zero attached hydrogens (tertiary/aromatic N) is 3. The minimum atomic E-state index is 0.666. The smallest absolute Gasteiger partial charge is 0.137 e. The molecule has 1 aromatic heterocycles. The molecule has 0 atom stereocenters. The molecule has 2 aromatic carbocycles. The number of halogens is 1. The van der Waals surface area contributed by atoms with E-state index in [-0.39, 0.29) is 0 Å². The molecule has 0 saturated heterocycles. The van der Waals surface area contributed by atoms with Crippen molar-refractivity contribution >= 4 is 26.0 Å². The van der Waals surface area contributed by atoms with Crippen molar-refractivity contribution in [1.29, 1.82) is 0 Å². The molecule has 0 saturated carbocycles. The number of aromatic nitrogens is 3. The second kappa shape index (κ2) is 6.50. The first kappa shape index (κ1) is 13.8. The van der Waals surface area contributed by atoms with Crippen LogP contribution in [-0.2, 0) is 6.54 Å². The third-order valence-electron chi connectivity index (χ3n) is 3.20. The fraction of sp³-hybridized carbons (Fsp3) is 0.0588. The molecule has 0 fully saturated rings. The molecular formula is C17H14BrN3. The van der Waals surface area contributed by atoms with E-state index in [2.05, 4.69) is 50.3 Å². The van der Waals surface area contributed by atoms with Crippen LogP contribution in [0.2, 0.25) is 0 Å². The third kappa shape index (κ3) is 3.28. The van der Waals surface area contributed by atoms with E-state index in [9.17, 15) is 0 Å². The van der Waals surface area contributed by atoms with E-state index in [4.69, 9.17) is 0 Å². The number of hydrogen-bond acceptors (Lipinski definition) is 2. The van der Waals surface area contributed by atoms with Crippen LogP contribution < -0.4 is 0 Å². The Hall–Kier alpha value is -2.20. The van der Waals surface area contributed by atoms with E-state index in [1.807, 2.05) is 41.1 Å². The van der Waals surface area contributed by atoms with Crippen molar-refractivity contribution in [2.24, 2.45) is 0 Å². The minimum absolute atomic E-state index is 0.666. The summed E-state index contributed by atoms with van der Waals surface area (Å²) in [5.41, 5.74) is 3.49. The van der Waals surface area contributed by atoms with Gasteiger partial charge in [0.25, 0.3) is 0 Å². The zero-order valence-corrected chi connectivity index (χ0v) is 12.9. The second-order valence-corrected chi connectivity index (χ2v) is 5.41. The molecule has 3 nitrogen and oxygen atoms in total. The lowest BCUT2D eigenvalue weighted by Crippen LogP contribution is -2.02. The number of benzene rings is 2. The molecule has 3 rings (SSSR count). The van der Waals surface area contributed by atoms with Gasteiger partial charge in [0, 0.05) is 4.48 Å². The Kier molecular flexibility index (Phi) is 4.26. The molecular weight excluding hydrogens is 326 g/mol. The van der Waals surface area contributed by atoms with Crippen LogP contribution in [-0.4, -0.2) is 14.8 Å². The molecule has 0 unspecified atom stereocenters. The largest absolute Gasteiger partial charge is 0.248 e. The van der Waals surface area contributed by atoms with Crippen LogP contribution in [0.25, 0.3) is 10.1 Å². The highest BCUT2D eigenvalue weighted by Gasteiger charge is 2.10. The molecule has 0 aliphatic carbocycles. The number of rotatable bonds is 4. The van der Waals surface area contributed by atoms with Crippen molar-refractivity contribution in [3.63, 3.8) is 0 Å². The molecule has 0 amide bonds. The monoisotopic (exact) mass is 339 g/mol. The summed E-state index contributed by atoms with van der Waals surface area (Å²) < 4.78 is 2.90. The van der Waals surface area contributed by atoms with Crippen LogP contribution in [0.3, 0.4) is 0 Å². The van der Waals surface area contributed by atoms with Crippen LogP contribution in [0.1, 0.15) is 11.1 Å². The predicted octanol–water partition coefficient (Wildman–Crippen LogP) is 4.24. The van der Waals surface area contributed by atoms with Gasteiger partial charge in [0.1, 0.15) is 12.7 Å². The molecule has 3 aromatic rings. The first-order chi connectivity index (χ1) is 10.3. The lowest BCUT2D eigenvalue weighted by Gasteiger charge is -2.12. The Morgan fingerprint density at radius 1 is 0.905 bits per heavy atom. The summed E-state index contributed by atoms with van der Waals surface area (Å²) in [6.45, 7) is 0.666. The topological polar surface area (TPSA) is 30.7 Å². The Balaban J connectivity index is 2.07. The molecule has 1 heterocycles. The maximum atomic E-state index is 4.21. The van der Waals surface area contributed by atoms with E-state index in [0.717, 1.165) is 10.0 Å². The van der Waals surface area contributed by atoms with Gasteiger partial charge in [-0.3, -0.25) is 0 Å². The summed E-state index contributed by atoms with van der Waals surface area (Å²) in [4.78, 5) is 4.01. The molecule has 0 radical (unpaired) electrons. The SMILES string of the molecule is Br/C(=C(\Cn1cncn1)c1ccccc1)c1ccccc1. The first-order valence-corrected chi connectivity index (χ1v) is 7.46. The van der Waals surface area contributed by atoms with Crippen molar-refractivity contribution < 1.29 is 0 Å². The van der Waals surface area contributed by atoms with Gasteiger partial charge in [0.15, 0.2) is 0 Å². The fourth-order valence-electron chi connectivity index (χ4n) is 2.16. The van der Waals surface area contributed by atoms with Crippen molar-refractivity contribution in [1.82, 2.24) is 14.8 Å². The summed E-state index contributed by atoms with van der Waals surface area (Å²) in [5.74, 6) is 0. The normalized spacial score (nSPS) is 12.0. The molecule has 0 spiro atoms. The highest BCUT2D eigenvalue weighted by atomic mass is 79.9. The Morgan fingerprint density at radius 2 is 1.52 bits per heavy atom. The van der Waals surface area contributed by atoms with E-state index in [1.54, 1.807) is 12.7 Å². The lowest BCUT2D eigenvalue weighted by molar-refractivity contribution is 0.711.